The highest BCUT2D eigenvalue weighted by molar-refractivity contribution is 5.36. The first kappa shape index (κ1) is 25.3. The fraction of sp³-hybridized carbons (Fsp3) is 0.818. The molecule has 0 aromatic carbocycles. The number of rotatable bonds is 7. The fourth-order valence-electron chi connectivity index (χ4n) is 10.1. The zero-order valence-corrected chi connectivity index (χ0v) is 23.3. The Labute approximate surface area is 206 Å². The van der Waals surface area contributed by atoms with Crippen LogP contribution >= 0.6 is 0 Å². The van der Waals surface area contributed by atoms with Crippen molar-refractivity contribution < 1.29 is 0 Å². The molecule has 186 valence electrons. The molecule has 0 amide bonds. The van der Waals surface area contributed by atoms with Gasteiger partial charge in [-0.1, -0.05) is 76.8 Å². The average Bonchev–Trinajstić information content (AvgIpc) is 3.10. The third kappa shape index (κ3) is 4.04. The second-order valence-electron chi connectivity index (χ2n) is 14.1. The minimum absolute atomic E-state index is 0.449. The van der Waals surface area contributed by atoms with Gasteiger partial charge in [-0.3, -0.25) is 0 Å². The molecule has 0 N–H and O–H groups in total. The summed E-state index contributed by atoms with van der Waals surface area (Å²) in [6, 6.07) is 0. The summed E-state index contributed by atoms with van der Waals surface area (Å²) in [6.45, 7) is 22.1. The quantitative estimate of drug-likeness (QED) is 0.338. The highest BCUT2D eigenvalue weighted by Crippen LogP contribution is 2.74. The van der Waals surface area contributed by atoms with Gasteiger partial charge >= 0.3 is 0 Å². The van der Waals surface area contributed by atoms with Crippen LogP contribution in [0.15, 0.2) is 35.5 Å². The first-order valence-corrected chi connectivity index (χ1v) is 14.5. The normalized spacial score (nSPS) is 41.2. The minimum Gasteiger partial charge on any atom is -0.103 e. The molecule has 4 aliphatic carbocycles. The highest BCUT2D eigenvalue weighted by Gasteiger charge is 2.65. The Kier molecular flexibility index (Phi) is 6.92. The molecule has 0 spiro atoms. The maximum Gasteiger partial charge on any atom is -0.00539 e. The van der Waals surface area contributed by atoms with Crippen LogP contribution in [0, 0.1) is 39.4 Å². The summed E-state index contributed by atoms with van der Waals surface area (Å²) in [7, 11) is 0. The van der Waals surface area contributed by atoms with Gasteiger partial charge in [-0.15, -0.1) is 6.58 Å². The molecule has 0 aliphatic heterocycles. The van der Waals surface area contributed by atoms with E-state index in [-0.39, 0.29) is 0 Å². The maximum absolute atomic E-state index is 3.87. The van der Waals surface area contributed by atoms with Crippen molar-refractivity contribution in [2.24, 2.45) is 39.4 Å². The highest BCUT2D eigenvalue weighted by atomic mass is 14.7. The predicted octanol–water partition coefficient (Wildman–Crippen LogP) is 10.5. The lowest BCUT2D eigenvalue weighted by Gasteiger charge is -2.68. The summed E-state index contributed by atoms with van der Waals surface area (Å²) in [5, 5.41) is 0. The number of hydrogen-bond donors (Lipinski definition) is 0. The Morgan fingerprint density at radius 3 is 2.45 bits per heavy atom. The van der Waals surface area contributed by atoms with E-state index in [2.05, 4.69) is 61.1 Å². The van der Waals surface area contributed by atoms with Crippen molar-refractivity contribution in [2.45, 2.75) is 132 Å². The Morgan fingerprint density at radius 1 is 0.970 bits per heavy atom. The molecule has 0 aromatic rings. The Morgan fingerprint density at radius 2 is 1.73 bits per heavy atom. The molecular weight excluding hydrogens is 396 g/mol. The number of fused-ring (bicyclic) bond motifs is 5. The summed E-state index contributed by atoms with van der Waals surface area (Å²) < 4.78 is 0. The van der Waals surface area contributed by atoms with Gasteiger partial charge in [0.1, 0.15) is 0 Å². The number of hydrogen-bond acceptors (Lipinski definition) is 0. The molecule has 33 heavy (non-hydrogen) atoms. The van der Waals surface area contributed by atoms with Gasteiger partial charge in [-0.05, 0) is 123 Å². The van der Waals surface area contributed by atoms with Crippen LogP contribution in [0.4, 0.5) is 0 Å². The monoisotopic (exact) mass is 450 g/mol. The molecule has 0 nitrogen and oxygen atoms in total. The summed E-state index contributed by atoms with van der Waals surface area (Å²) >= 11 is 0. The Hall–Kier alpha value is -0.780. The van der Waals surface area contributed by atoms with Crippen molar-refractivity contribution in [1.29, 1.82) is 0 Å². The summed E-state index contributed by atoms with van der Waals surface area (Å²) in [6.07, 6.45) is 22.4. The molecule has 4 rings (SSSR count). The van der Waals surface area contributed by atoms with E-state index in [1.54, 1.807) is 5.57 Å². The molecule has 0 bridgehead atoms. The second-order valence-corrected chi connectivity index (χ2v) is 14.1. The van der Waals surface area contributed by atoms with Gasteiger partial charge in [0.2, 0.25) is 0 Å². The molecule has 3 fully saturated rings. The summed E-state index contributed by atoms with van der Waals surface area (Å²) in [5.74, 6) is 2.61. The standard InChI is InChI=1S/C33H54/c1-9-10-13-24(2)14-11-15-25(3)26-18-22-32(7)27(26)16-17-29-31(6)21-12-20-30(4,5)28(31)19-23-33(29,32)8/h9,14,25,28-29H,1,10-13,15-23H2,2-8H3/b24-14+/t25-,28+,29-,31+,32-,33-/m1/s1. The van der Waals surface area contributed by atoms with Gasteiger partial charge in [0.05, 0.1) is 0 Å². The van der Waals surface area contributed by atoms with Gasteiger partial charge in [0, 0.05) is 0 Å². The zero-order valence-electron chi connectivity index (χ0n) is 23.3. The fourth-order valence-corrected chi connectivity index (χ4v) is 10.1. The van der Waals surface area contributed by atoms with Crippen LogP contribution in [-0.4, -0.2) is 0 Å². The van der Waals surface area contributed by atoms with Crippen molar-refractivity contribution in [3.05, 3.63) is 35.5 Å². The lowest BCUT2D eigenvalue weighted by Crippen LogP contribution is -2.60. The Balaban J connectivity index is 1.55. The van der Waals surface area contributed by atoms with Crippen LogP contribution < -0.4 is 0 Å². The molecule has 0 heteroatoms. The van der Waals surface area contributed by atoms with E-state index in [1.165, 1.54) is 77.0 Å². The summed E-state index contributed by atoms with van der Waals surface area (Å²) in [4.78, 5) is 0. The van der Waals surface area contributed by atoms with E-state index in [0.717, 1.165) is 24.2 Å². The van der Waals surface area contributed by atoms with Crippen molar-refractivity contribution in [3.8, 4) is 0 Å². The largest absolute Gasteiger partial charge is 0.103 e. The Bertz CT molecular complexity index is 808. The molecule has 0 unspecified atom stereocenters. The van der Waals surface area contributed by atoms with E-state index < -0.39 is 0 Å². The first-order valence-electron chi connectivity index (χ1n) is 14.5. The minimum atomic E-state index is 0.449. The van der Waals surface area contributed by atoms with Gasteiger partial charge in [0.25, 0.3) is 0 Å². The average molecular weight is 451 g/mol. The van der Waals surface area contributed by atoms with E-state index in [1.807, 2.05) is 17.2 Å². The van der Waals surface area contributed by atoms with Crippen molar-refractivity contribution in [3.63, 3.8) is 0 Å². The molecule has 0 heterocycles. The van der Waals surface area contributed by atoms with Crippen LogP contribution in [-0.2, 0) is 0 Å². The van der Waals surface area contributed by atoms with Gasteiger partial charge in [0.15, 0.2) is 0 Å². The molecule has 0 aromatic heterocycles. The molecule has 0 radical (unpaired) electrons. The summed E-state index contributed by atoms with van der Waals surface area (Å²) in [5.41, 5.74) is 7.41. The maximum atomic E-state index is 3.87. The van der Waals surface area contributed by atoms with Gasteiger partial charge in [-0.25, -0.2) is 0 Å². The lowest BCUT2D eigenvalue weighted by atomic mass is 9.36. The zero-order chi connectivity index (χ0) is 24.1. The van der Waals surface area contributed by atoms with Gasteiger partial charge < -0.3 is 0 Å². The lowest BCUT2D eigenvalue weighted by molar-refractivity contribution is -0.173. The third-order valence-corrected chi connectivity index (χ3v) is 12.1. The SMILES string of the molecule is C=CCC/C(C)=C/CC[C@@H](C)C1=C2CC[C@@H]3[C@@]4(C)CCCC(C)(C)[C@@H]4CC[C@@]3(C)[C@]2(C)CC1. The van der Waals surface area contributed by atoms with Crippen LogP contribution in [0.3, 0.4) is 0 Å². The number of allylic oxidation sites excluding steroid dienone is 5. The first-order chi connectivity index (χ1) is 15.5. The van der Waals surface area contributed by atoms with Crippen LogP contribution in [0.5, 0.6) is 0 Å². The molecule has 3 saturated carbocycles. The topological polar surface area (TPSA) is 0 Å². The van der Waals surface area contributed by atoms with E-state index in [4.69, 9.17) is 0 Å². The third-order valence-electron chi connectivity index (χ3n) is 12.1. The van der Waals surface area contributed by atoms with Crippen LogP contribution in [0.1, 0.15) is 132 Å². The van der Waals surface area contributed by atoms with Crippen molar-refractivity contribution in [2.75, 3.05) is 0 Å². The van der Waals surface area contributed by atoms with Crippen molar-refractivity contribution >= 4 is 0 Å². The second kappa shape index (κ2) is 9.02. The predicted molar refractivity (Wildman–Crippen MR) is 145 cm³/mol. The van der Waals surface area contributed by atoms with Crippen molar-refractivity contribution in [1.82, 2.24) is 0 Å². The molecule has 4 aliphatic rings. The van der Waals surface area contributed by atoms with E-state index in [0.29, 0.717) is 21.7 Å². The van der Waals surface area contributed by atoms with Crippen LogP contribution in [0.25, 0.3) is 0 Å². The van der Waals surface area contributed by atoms with Crippen LogP contribution in [0.2, 0.25) is 0 Å². The molecule has 6 atom stereocenters. The molecule has 0 saturated heterocycles. The smallest absolute Gasteiger partial charge is 0.00539 e. The van der Waals surface area contributed by atoms with E-state index >= 15 is 0 Å². The molecular formula is C33H54. The van der Waals surface area contributed by atoms with Gasteiger partial charge in [-0.2, -0.15) is 0 Å². The van der Waals surface area contributed by atoms with E-state index in [9.17, 15) is 0 Å².